The lowest BCUT2D eigenvalue weighted by Gasteiger charge is -2.11. The second-order valence-corrected chi connectivity index (χ2v) is 7.29. The molecular weight excluding hydrogens is 485 g/mol. The second kappa shape index (κ2) is 11.4. The number of carbonyl (C=O) groups is 2. The van der Waals surface area contributed by atoms with Gasteiger partial charge in [-0.05, 0) is 65.8 Å². The number of benzene rings is 2. The van der Waals surface area contributed by atoms with Crippen LogP contribution in [-0.4, -0.2) is 31.7 Å². The van der Waals surface area contributed by atoms with Gasteiger partial charge in [0.2, 0.25) is 11.8 Å². The maximum atomic E-state index is 12.0. The van der Waals surface area contributed by atoms with Crippen molar-refractivity contribution in [3.8, 4) is 11.5 Å². The van der Waals surface area contributed by atoms with Crippen LogP contribution in [0.2, 0.25) is 0 Å². The number of hydrazone groups is 1. The number of nitrogens with one attached hydrogen (secondary N) is 2. The van der Waals surface area contributed by atoms with Gasteiger partial charge in [0.25, 0.3) is 0 Å². The first-order valence-corrected chi connectivity index (χ1v) is 10.2. The van der Waals surface area contributed by atoms with Crippen LogP contribution in [-0.2, 0) is 9.59 Å². The molecule has 0 radical (unpaired) electrons. The maximum absolute atomic E-state index is 12.0. The second-order valence-electron chi connectivity index (χ2n) is 6.12. The summed E-state index contributed by atoms with van der Waals surface area (Å²) in [6, 6.07) is 11.1. The summed E-state index contributed by atoms with van der Waals surface area (Å²) in [5.41, 5.74) is 4.91. The van der Waals surface area contributed by atoms with Gasteiger partial charge < -0.3 is 14.8 Å². The zero-order valence-corrected chi connectivity index (χ0v) is 18.8. The zero-order valence-electron chi connectivity index (χ0n) is 16.6. The fourth-order valence-corrected chi connectivity index (χ4v) is 3.36. The van der Waals surface area contributed by atoms with Crippen LogP contribution >= 0.6 is 22.6 Å². The highest BCUT2D eigenvalue weighted by Crippen LogP contribution is 2.33. The molecule has 2 aromatic carbocycles. The number of rotatable bonds is 9. The summed E-state index contributed by atoms with van der Waals surface area (Å²) in [5.74, 6) is 0.717. The highest BCUT2D eigenvalue weighted by molar-refractivity contribution is 14.1. The van der Waals surface area contributed by atoms with Gasteiger partial charge in [0.1, 0.15) is 0 Å². The van der Waals surface area contributed by atoms with Crippen molar-refractivity contribution >= 4 is 46.3 Å². The Morgan fingerprint density at radius 1 is 1.17 bits per heavy atom. The summed E-state index contributed by atoms with van der Waals surface area (Å²) in [5, 5.41) is 6.76. The molecule has 7 nitrogen and oxygen atoms in total. The number of hydrogen-bond donors (Lipinski definition) is 2. The number of amides is 2. The van der Waals surface area contributed by atoms with Crippen LogP contribution in [0.5, 0.6) is 11.5 Å². The Balaban J connectivity index is 1.86. The average Bonchev–Trinajstić information content (AvgIpc) is 2.68. The number of anilines is 1. The number of methoxy groups -OCH3 is 1. The van der Waals surface area contributed by atoms with E-state index >= 15 is 0 Å². The molecule has 2 aromatic rings. The molecule has 0 aliphatic rings. The highest BCUT2D eigenvalue weighted by Gasteiger charge is 2.11. The first kappa shape index (κ1) is 22.7. The smallest absolute Gasteiger partial charge is 0.240 e. The molecule has 154 valence electrons. The number of para-hydroxylation sites is 1. The summed E-state index contributed by atoms with van der Waals surface area (Å²) in [4.78, 5) is 23.9. The van der Waals surface area contributed by atoms with Gasteiger partial charge in [0.15, 0.2) is 11.5 Å². The zero-order chi connectivity index (χ0) is 21.2. The van der Waals surface area contributed by atoms with E-state index in [1.165, 1.54) is 6.21 Å². The Morgan fingerprint density at radius 3 is 2.59 bits per heavy atom. The van der Waals surface area contributed by atoms with Crippen molar-refractivity contribution in [2.45, 2.75) is 26.7 Å². The first-order chi connectivity index (χ1) is 13.9. The van der Waals surface area contributed by atoms with E-state index in [0.29, 0.717) is 18.1 Å². The number of ether oxygens (including phenoxy) is 2. The molecule has 2 N–H and O–H groups in total. The lowest BCUT2D eigenvalue weighted by molar-refractivity contribution is -0.124. The van der Waals surface area contributed by atoms with Crippen LogP contribution in [0, 0.1) is 10.5 Å². The highest BCUT2D eigenvalue weighted by atomic mass is 127. The number of halogens is 1. The minimum Gasteiger partial charge on any atom is -0.492 e. The number of carbonyl (C=O) groups excluding carboxylic acids is 2. The summed E-state index contributed by atoms with van der Waals surface area (Å²) in [6.45, 7) is 4.31. The van der Waals surface area contributed by atoms with Crippen molar-refractivity contribution in [2.24, 2.45) is 5.10 Å². The molecule has 29 heavy (non-hydrogen) atoms. The Bertz CT molecular complexity index is 899. The molecule has 8 heteroatoms. The average molecular weight is 509 g/mol. The van der Waals surface area contributed by atoms with Crippen molar-refractivity contribution < 1.29 is 19.1 Å². The lowest BCUT2D eigenvalue weighted by atomic mass is 10.2. The Morgan fingerprint density at radius 2 is 1.90 bits per heavy atom. The third-order valence-electron chi connectivity index (χ3n) is 3.94. The SMILES string of the molecule is CCOc1cc(C=NNC(=O)CCC(=O)Nc2ccccc2C)cc(I)c1OC. The fraction of sp³-hybridized carbons (Fsp3) is 0.286. The summed E-state index contributed by atoms with van der Waals surface area (Å²) in [7, 11) is 1.59. The van der Waals surface area contributed by atoms with Crippen molar-refractivity contribution in [3.63, 3.8) is 0 Å². The number of hydrogen-bond acceptors (Lipinski definition) is 5. The van der Waals surface area contributed by atoms with Gasteiger partial charge in [0.05, 0.1) is 23.5 Å². The van der Waals surface area contributed by atoms with Gasteiger partial charge in [-0.1, -0.05) is 18.2 Å². The molecule has 0 atom stereocenters. The third kappa shape index (κ3) is 7.04. The van der Waals surface area contributed by atoms with Gasteiger partial charge in [-0.3, -0.25) is 9.59 Å². The van der Waals surface area contributed by atoms with Crippen molar-refractivity contribution in [3.05, 3.63) is 51.1 Å². The van der Waals surface area contributed by atoms with E-state index in [9.17, 15) is 9.59 Å². The molecule has 0 fully saturated rings. The van der Waals surface area contributed by atoms with E-state index in [1.807, 2.05) is 44.2 Å². The van der Waals surface area contributed by atoms with Crippen molar-refractivity contribution in [1.29, 1.82) is 0 Å². The molecule has 0 heterocycles. The standard InChI is InChI=1S/C21H24IN3O4/c1-4-29-18-12-15(11-16(22)21(18)28-3)13-23-25-20(27)10-9-19(26)24-17-8-6-5-7-14(17)2/h5-8,11-13H,4,9-10H2,1-3H3,(H,24,26)(H,25,27). The number of nitrogens with zero attached hydrogens (tertiary/aromatic N) is 1. The van der Waals surface area contributed by atoms with Gasteiger partial charge in [-0.25, -0.2) is 5.43 Å². The Kier molecular flexibility index (Phi) is 8.91. The summed E-state index contributed by atoms with van der Waals surface area (Å²) >= 11 is 2.15. The molecule has 0 aromatic heterocycles. The van der Waals surface area contributed by atoms with Crippen LogP contribution in [0.15, 0.2) is 41.5 Å². The molecule has 2 rings (SSSR count). The molecular formula is C21H24IN3O4. The molecule has 0 saturated carbocycles. The fourth-order valence-electron chi connectivity index (χ4n) is 2.51. The minimum absolute atomic E-state index is 0.0411. The predicted molar refractivity (Wildman–Crippen MR) is 122 cm³/mol. The van der Waals surface area contributed by atoms with E-state index in [4.69, 9.17) is 9.47 Å². The minimum atomic E-state index is -0.338. The van der Waals surface area contributed by atoms with Gasteiger partial charge >= 0.3 is 0 Å². The lowest BCUT2D eigenvalue weighted by Crippen LogP contribution is -2.20. The normalized spacial score (nSPS) is 10.6. The predicted octanol–water partition coefficient (Wildman–Crippen LogP) is 3.88. The van der Waals surface area contributed by atoms with E-state index in [2.05, 4.69) is 38.4 Å². The van der Waals surface area contributed by atoms with Crippen molar-refractivity contribution in [2.75, 3.05) is 19.0 Å². The van der Waals surface area contributed by atoms with Gasteiger partial charge in [0, 0.05) is 18.5 Å². The first-order valence-electron chi connectivity index (χ1n) is 9.12. The molecule has 0 bridgehead atoms. The molecule has 0 saturated heterocycles. The van der Waals surface area contributed by atoms with Gasteiger partial charge in [-0.2, -0.15) is 5.10 Å². The van der Waals surface area contributed by atoms with E-state index in [0.717, 1.165) is 20.4 Å². The van der Waals surface area contributed by atoms with Crippen LogP contribution in [0.1, 0.15) is 30.9 Å². The van der Waals surface area contributed by atoms with Gasteiger partial charge in [-0.15, -0.1) is 0 Å². The molecule has 0 aliphatic carbocycles. The van der Waals surface area contributed by atoms with Crippen LogP contribution < -0.4 is 20.2 Å². The maximum Gasteiger partial charge on any atom is 0.240 e. The Hall–Kier alpha value is -2.62. The van der Waals surface area contributed by atoms with Crippen LogP contribution in [0.4, 0.5) is 5.69 Å². The van der Waals surface area contributed by atoms with E-state index < -0.39 is 0 Å². The topological polar surface area (TPSA) is 89.0 Å². The summed E-state index contributed by atoms with van der Waals surface area (Å²) < 4.78 is 11.8. The number of aryl methyl sites for hydroxylation is 1. The van der Waals surface area contributed by atoms with E-state index in [-0.39, 0.29) is 24.7 Å². The third-order valence-corrected chi connectivity index (χ3v) is 4.74. The Labute approximate surface area is 184 Å². The molecule has 0 aliphatic heterocycles. The molecule has 0 unspecified atom stereocenters. The molecule has 2 amide bonds. The summed E-state index contributed by atoms with van der Waals surface area (Å²) in [6.07, 6.45) is 1.64. The molecule has 0 spiro atoms. The van der Waals surface area contributed by atoms with Crippen LogP contribution in [0.3, 0.4) is 0 Å². The largest absolute Gasteiger partial charge is 0.492 e. The van der Waals surface area contributed by atoms with Crippen molar-refractivity contribution in [1.82, 2.24) is 5.43 Å². The van der Waals surface area contributed by atoms with E-state index in [1.54, 1.807) is 13.2 Å². The monoisotopic (exact) mass is 509 g/mol. The van der Waals surface area contributed by atoms with Crippen LogP contribution in [0.25, 0.3) is 0 Å². The quantitative estimate of drug-likeness (QED) is 0.305.